The highest BCUT2D eigenvalue weighted by Crippen LogP contribution is 2.27. The van der Waals surface area contributed by atoms with Crippen LogP contribution in [0.3, 0.4) is 0 Å². The molecule has 0 amide bonds. The summed E-state index contributed by atoms with van der Waals surface area (Å²) in [7, 11) is 2.93. The maximum absolute atomic E-state index is 12.5. The lowest BCUT2D eigenvalue weighted by Crippen LogP contribution is -2.40. The van der Waals surface area contributed by atoms with Gasteiger partial charge in [0, 0.05) is 32.2 Å². The Morgan fingerprint density at radius 1 is 1.35 bits per heavy atom. The molecule has 1 aromatic rings. The van der Waals surface area contributed by atoms with Crippen LogP contribution in [0.5, 0.6) is 5.75 Å². The fourth-order valence-electron chi connectivity index (χ4n) is 2.98. The average molecular weight is 373 g/mol. The quantitative estimate of drug-likeness (QED) is 0.499. The van der Waals surface area contributed by atoms with Gasteiger partial charge in [0.15, 0.2) is 5.96 Å². The van der Waals surface area contributed by atoms with Crippen LogP contribution < -0.4 is 10.1 Å². The van der Waals surface area contributed by atoms with Crippen molar-refractivity contribution in [2.45, 2.75) is 19.8 Å². The van der Waals surface area contributed by atoms with Crippen LogP contribution in [-0.4, -0.2) is 50.4 Å². The van der Waals surface area contributed by atoms with E-state index >= 15 is 0 Å². The lowest BCUT2D eigenvalue weighted by atomic mass is 9.99. The smallest absolute Gasteiger partial charge is 0.469 e. The summed E-state index contributed by atoms with van der Waals surface area (Å²) in [4.78, 5) is 17.9. The number of likely N-dealkylation sites (tertiary alicyclic amines) is 1. The number of alkyl halides is 3. The molecule has 0 aliphatic carbocycles. The van der Waals surface area contributed by atoms with Crippen LogP contribution in [0.4, 0.5) is 13.2 Å². The summed E-state index contributed by atoms with van der Waals surface area (Å²) in [5.74, 6) is -0.212. The van der Waals surface area contributed by atoms with Gasteiger partial charge < -0.3 is 19.7 Å². The molecule has 9 heteroatoms. The van der Waals surface area contributed by atoms with E-state index in [9.17, 15) is 18.0 Å². The number of carbonyl (C=O) groups is 1. The normalized spacial score (nSPS) is 20.8. The highest BCUT2D eigenvalue weighted by atomic mass is 19.4. The zero-order valence-corrected chi connectivity index (χ0v) is 14.8. The fourth-order valence-corrected chi connectivity index (χ4v) is 2.98. The van der Waals surface area contributed by atoms with E-state index < -0.39 is 6.36 Å². The SMILES string of the molecule is CN=C(NCc1ccccc1OC(F)(F)F)N1CC(C)C(C(=O)OC)C1. The summed E-state index contributed by atoms with van der Waals surface area (Å²) in [5.41, 5.74) is 0.350. The van der Waals surface area contributed by atoms with Crippen LogP contribution in [0.25, 0.3) is 0 Å². The molecule has 26 heavy (non-hydrogen) atoms. The third kappa shape index (κ3) is 5.03. The largest absolute Gasteiger partial charge is 0.573 e. The molecule has 2 atom stereocenters. The molecular formula is C17H22F3N3O3. The zero-order chi connectivity index (χ0) is 19.3. The number of para-hydroxylation sites is 1. The molecule has 0 spiro atoms. The molecule has 1 saturated heterocycles. The molecule has 1 aliphatic heterocycles. The second-order valence-electron chi connectivity index (χ2n) is 6.07. The predicted molar refractivity (Wildman–Crippen MR) is 89.6 cm³/mol. The molecule has 1 heterocycles. The minimum absolute atomic E-state index is 0.0850. The fraction of sp³-hybridized carbons (Fsp3) is 0.529. The predicted octanol–water partition coefficient (Wildman–Crippen LogP) is 2.40. The van der Waals surface area contributed by atoms with Crippen molar-refractivity contribution in [2.24, 2.45) is 16.8 Å². The van der Waals surface area contributed by atoms with E-state index in [4.69, 9.17) is 4.74 Å². The number of benzene rings is 1. The molecule has 0 bridgehead atoms. The van der Waals surface area contributed by atoms with Crippen molar-refractivity contribution in [1.82, 2.24) is 10.2 Å². The third-order valence-corrected chi connectivity index (χ3v) is 4.26. The maximum atomic E-state index is 12.5. The molecule has 144 valence electrons. The third-order valence-electron chi connectivity index (χ3n) is 4.26. The molecule has 2 rings (SSSR count). The second-order valence-corrected chi connectivity index (χ2v) is 6.07. The Labute approximate surface area is 150 Å². The first-order valence-corrected chi connectivity index (χ1v) is 8.12. The van der Waals surface area contributed by atoms with Gasteiger partial charge in [-0.1, -0.05) is 25.1 Å². The number of esters is 1. The molecule has 0 aromatic heterocycles. The van der Waals surface area contributed by atoms with Gasteiger partial charge >= 0.3 is 12.3 Å². The Balaban J connectivity index is 2.04. The molecule has 1 fully saturated rings. The maximum Gasteiger partial charge on any atom is 0.573 e. The number of halogens is 3. The summed E-state index contributed by atoms with van der Waals surface area (Å²) >= 11 is 0. The van der Waals surface area contributed by atoms with Gasteiger partial charge in [-0.25, -0.2) is 0 Å². The van der Waals surface area contributed by atoms with Crippen LogP contribution >= 0.6 is 0 Å². The Bertz CT molecular complexity index is 664. The van der Waals surface area contributed by atoms with E-state index in [1.807, 2.05) is 11.8 Å². The van der Waals surface area contributed by atoms with Crippen molar-refractivity contribution < 1.29 is 27.4 Å². The van der Waals surface area contributed by atoms with Gasteiger partial charge in [-0.05, 0) is 12.0 Å². The monoisotopic (exact) mass is 373 g/mol. The Hall–Kier alpha value is -2.45. The minimum Gasteiger partial charge on any atom is -0.469 e. The number of guanidine groups is 1. The van der Waals surface area contributed by atoms with Crippen LogP contribution in [0.1, 0.15) is 12.5 Å². The Morgan fingerprint density at radius 3 is 2.65 bits per heavy atom. The number of hydrogen-bond donors (Lipinski definition) is 1. The number of nitrogens with zero attached hydrogens (tertiary/aromatic N) is 2. The van der Waals surface area contributed by atoms with Gasteiger partial charge in [0.25, 0.3) is 0 Å². The van der Waals surface area contributed by atoms with Gasteiger partial charge in [-0.15, -0.1) is 13.2 Å². The highest BCUT2D eigenvalue weighted by molar-refractivity contribution is 5.82. The lowest BCUT2D eigenvalue weighted by molar-refractivity contribution is -0.274. The molecule has 1 aromatic carbocycles. The number of rotatable bonds is 4. The van der Waals surface area contributed by atoms with Gasteiger partial charge in [0.05, 0.1) is 13.0 Å². The number of nitrogens with one attached hydrogen (secondary N) is 1. The highest BCUT2D eigenvalue weighted by Gasteiger charge is 2.37. The van der Waals surface area contributed by atoms with Crippen LogP contribution in [0.2, 0.25) is 0 Å². The molecule has 6 nitrogen and oxygen atoms in total. The standard InChI is InChI=1S/C17H22F3N3O3/c1-11-9-23(10-13(11)15(24)25-3)16(21-2)22-8-12-6-4-5-7-14(12)26-17(18,19)20/h4-7,11,13H,8-10H2,1-3H3,(H,21,22). The summed E-state index contributed by atoms with van der Waals surface area (Å²) in [6, 6.07) is 5.92. The van der Waals surface area contributed by atoms with Gasteiger partial charge in [0.2, 0.25) is 0 Å². The number of ether oxygens (including phenoxy) is 2. The van der Waals surface area contributed by atoms with Gasteiger partial charge in [0.1, 0.15) is 5.75 Å². The zero-order valence-electron chi connectivity index (χ0n) is 14.8. The molecule has 1 N–H and O–H groups in total. The number of aliphatic imine (C=N–C) groups is 1. The first-order valence-electron chi connectivity index (χ1n) is 8.12. The van der Waals surface area contributed by atoms with E-state index in [2.05, 4.69) is 15.0 Å². The summed E-state index contributed by atoms with van der Waals surface area (Å²) in [6.45, 7) is 3.09. The van der Waals surface area contributed by atoms with Crippen molar-refractivity contribution in [3.8, 4) is 5.75 Å². The first-order chi connectivity index (χ1) is 12.2. The minimum atomic E-state index is -4.75. The molecule has 0 saturated carbocycles. The van der Waals surface area contributed by atoms with Crippen LogP contribution in [-0.2, 0) is 16.1 Å². The van der Waals surface area contributed by atoms with Gasteiger partial charge in [-0.2, -0.15) is 0 Å². The number of carbonyl (C=O) groups excluding carboxylic acids is 1. The van der Waals surface area contributed by atoms with E-state index in [0.717, 1.165) is 0 Å². The summed E-state index contributed by atoms with van der Waals surface area (Å²) < 4.78 is 46.4. The average Bonchev–Trinajstić information content (AvgIpc) is 2.96. The van der Waals surface area contributed by atoms with Crippen molar-refractivity contribution >= 4 is 11.9 Å². The van der Waals surface area contributed by atoms with E-state index in [-0.39, 0.29) is 30.1 Å². The summed E-state index contributed by atoms with van der Waals surface area (Å²) in [6.07, 6.45) is -4.75. The van der Waals surface area contributed by atoms with Crippen molar-refractivity contribution in [2.75, 3.05) is 27.2 Å². The first kappa shape index (κ1) is 19.9. The van der Waals surface area contributed by atoms with E-state index in [1.165, 1.54) is 19.2 Å². The van der Waals surface area contributed by atoms with Crippen LogP contribution in [0.15, 0.2) is 29.3 Å². The van der Waals surface area contributed by atoms with Crippen LogP contribution in [0, 0.1) is 11.8 Å². The number of methoxy groups -OCH3 is 1. The Kier molecular flexibility index (Phi) is 6.33. The molecular weight excluding hydrogens is 351 g/mol. The Morgan fingerprint density at radius 2 is 2.04 bits per heavy atom. The van der Waals surface area contributed by atoms with Crippen molar-refractivity contribution in [3.63, 3.8) is 0 Å². The van der Waals surface area contributed by atoms with E-state index in [0.29, 0.717) is 24.6 Å². The topological polar surface area (TPSA) is 63.2 Å². The van der Waals surface area contributed by atoms with Crippen molar-refractivity contribution in [1.29, 1.82) is 0 Å². The molecule has 1 aliphatic rings. The van der Waals surface area contributed by atoms with Gasteiger partial charge in [-0.3, -0.25) is 9.79 Å². The summed E-state index contributed by atoms with van der Waals surface area (Å²) in [5, 5.41) is 3.03. The molecule has 0 radical (unpaired) electrons. The van der Waals surface area contributed by atoms with E-state index in [1.54, 1.807) is 19.2 Å². The lowest BCUT2D eigenvalue weighted by Gasteiger charge is -2.22. The van der Waals surface area contributed by atoms with Crippen molar-refractivity contribution in [3.05, 3.63) is 29.8 Å². The number of hydrogen-bond acceptors (Lipinski definition) is 4. The second kappa shape index (κ2) is 8.29. The molecule has 2 unspecified atom stereocenters.